The van der Waals surface area contributed by atoms with Crippen molar-refractivity contribution in [3.63, 3.8) is 0 Å². The first-order chi connectivity index (χ1) is 16.6. The van der Waals surface area contributed by atoms with Crippen molar-refractivity contribution in [2.45, 2.75) is 25.4 Å². The molecule has 0 amide bonds. The van der Waals surface area contributed by atoms with E-state index in [1.807, 2.05) is 24.3 Å². The van der Waals surface area contributed by atoms with E-state index in [0.29, 0.717) is 29.5 Å². The molecule has 1 aliphatic heterocycles. The molecule has 0 radical (unpaired) electrons. The highest BCUT2D eigenvalue weighted by Crippen LogP contribution is 2.29. The first-order valence-corrected chi connectivity index (χ1v) is 11.9. The lowest BCUT2D eigenvalue weighted by atomic mass is 9.90. The second kappa shape index (κ2) is 10.4. The van der Waals surface area contributed by atoms with E-state index in [4.69, 9.17) is 9.26 Å². The Morgan fingerprint density at radius 1 is 1.03 bits per heavy atom. The van der Waals surface area contributed by atoms with Gasteiger partial charge in [0.15, 0.2) is 5.58 Å². The van der Waals surface area contributed by atoms with Crippen LogP contribution in [0.1, 0.15) is 18.4 Å². The number of fused-ring (bicyclic) bond motifs is 1. The van der Waals surface area contributed by atoms with Gasteiger partial charge in [-0.15, -0.1) is 0 Å². The molecule has 1 saturated heterocycles. The summed E-state index contributed by atoms with van der Waals surface area (Å²) in [6, 6.07) is 22.5. The standard InChI is InChI=1S/C28H29FN2O3/c29-23-8-11-26-27(17-23)34-30-28(26)22-6-9-25(10-7-22)33-19-24(32)18-31-14-12-21(13-15-31)16-20-4-2-1-3-5-20/h1-11,17,21,24,32H,12-16,18-19H2/t24-/m1/s1. The third-order valence-corrected chi connectivity index (χ3v) is 6.55. The van der Waals surface area contributed by atoms with E-state index in [9.17, 15) is 9.50 Å². The van der Waals surface area contributed by atoms with Crippen molar-refractivity contribution in [1.29, 1.82) is 0 Å². The van der Waals surface area contributed by atoms with Gasteiger partial charge in [0.05, 0.1) is 0 Å². The number of rotatable bonds is 8. The molecule has 1 N–H and O–H groups in total. The molecular formula is C28H29FN2O3. The van der Waals surface area contributed by atoms with Crippen LogP contribution < -0.4 is 4.74 Å². The zero-order chi connectivity index (χ0) is 23.3. The number of piperidine rings is 1. The quantitative estimate of drug-likeness (QED) is 0.385. The first-order valence-electron chi connectivity index (χ1n) is 11.9. The molecule has 5 rings (SSSR count). The Morgan fingerprint density at radius 2 is 1.79 bits per heavy atom. The highest BCUT2D eigenvalue weighted by molar-refractivity contribution is 5.91. The van der Waals surface area contributed by atoms with Crippen molar-refractivity contribution < 1.29 is 18.8 Å². The van der Waals surface area contributed by atoms with Crippen LogP contribution in [0.5, 0.6) is 5.75 Å². The topological polar surface area (TPSA) is 58.7 Å². The van der Waals surface area contributed by atoms with Crippen molar-refractivity contribution in [1.82, 2.24) is 10.1 Å². The normalized spacial score (nSPS) is 16.1. The predicted molar refractivity (Wildman–Crippen MR) is 130 cm³/mol. The molecule has 0 saturated carbocycles. The van der Waals surface area contributed by atoms with E-state index in [1.165, 1.54) is 17.7 Å². The van der Waals surface area contributed by atoms with E-state index in [-0.39, 0.29) is 12.4 Å². The molecule has 2 heterocycles. The Labute approximate surface area is 198 Å². The van der Waals surface area contributed by atoms with Crippen LogP contribution in [0, 0.1) is 11.7 Å². The van der Waals surface area contributed by atoms with Crippen molar-refractivity contribution in [3.05, 3.63) is 84.2 Å². The number of aliphatic hydroxyl groups is 1. The van der Waals surface area contributed by atoms with Gasteiger partial charge in [0.1, 0.15) is 30.0 Å². The van der Waals surface area contributed by atoms with Gasteiger partial charge >= 0.3 is 0 Å². The highest BCUT2D eigenvalue weighted by Gasteiger charge is 2.21. The van der Waals surface area contributed by atoms with Crippen molar-refractivity contribution in [3.8, 4) is 17.0 Å². The fraction of sp³-hybridized carbons (Fsp3) is 0.321. The van der Waals surface area contributed by atoms with Crippen LogP contribution in [0.2, 0.25) is 0 Å². The molecule has 3 aromatic carbocycles. The average Bonchev–Trinajstić information content (AvgIpc) is 3.28. The van der Waals surface area contributed by atoms with Crippen molar-refractivity contribution in [2.75, 3.05) is 26.2 Å². The number of hydrogen-bond donors (Lipinski definition) is 1. The Hall–Kier alpha value is -3.22. The molecule has 1 aliphatic rings. The van der Waals surface area contributed by atoms with Crippen LogP contribution in [-0.4, -0.2) is 47.5 Å². The molecule has 4 aromatic rings. The largest absolute Gasteiger partial charge is 0.491 e. The number of aliphatic hydroxyl groups excluding tert-OH is 1. The van der Waals surface area contributed by atoms with Crippen LogP contribution in [0.3, 0.4) is 0 Å². The summed E-state index contributed by atoms with van der Waals surface area (Å²) >= 11 is 0. The lowest BCUT2D eigenvalue weighted by molar-refractivity contribution is 0.0550. The summed E-state index contributed by atoms with van der Waals surface area (Å²) in [6.07, 6.45) is 2.91. The van der Waals surface area contributed by atoms with Gasteiger partial charge in [0.2, 0.25) is 0 Å². The van der Waals surface area contributed by atoms with E-state index in [1.54, 1.807) is 6.07 Å². The Kier molecular flexibility index (Phi) is 6.88. The molecule has 0 spiro atoms. The lowest BCUT2D eigenvalue weighted by Gasteiger charge is -2.33. The summed E-state index contributed by atoms with van der Waals surface area (Å²) in [6.45, 7) is 2.89. The Morgan fingerprint density at radius 3 is 2.56 bits per heavy atom. The molecule has 176 valence electrons. The molecule has 1 atom stereocenters. The van der Waals surface area contributed by atoms with Gasteiger partial charge in [-0.25, -0.2) is 4.39 Å². The van der Waals surface area contributed by atoms with Gasteiger partial charge in [0.25, 0.3) is 0 Å². The number of aromatic nitrogens is 1. The minimum Gasteiger partial charge on any atom is -0.491 e. The monoisotopic (exact) mass is 460 g/mol. The Balaban J connectivity index is 1.08. The predicted octanol–water partition coefficient (Wildman–Crippen LogP) is 5.33. The fourth-order valence-corrected chi connectivity index (χ4v) is 4.69. The molecule has 1 fully saturated rings. The maximum atomic E-state index is 13.4. The summed E-state index contributed by atoms with van der Waals surface area (Å²) < 4.78 is 24.4. The molecule has 5 nitrogen and oxygen atoms in total. The number of β-amino-alcohol motifs (C(OH)–C–C–N with tert-alkyl or cyclic N) is 1. The average molecular weight is 461 g/mol. The van der Waals surface area contributed by atoms with Gasteiger partial charge in [-0.2, -0.15) is 0 Å². The van der Waals surface area contributed by atoms with Crippen LogP contribution in [0.25, 0.3) is 22.2 Å². The molecular weight excluding hydrogens is 431 g/mol. The highest BCUT2D eigenvalue weighted by atomic mass is 19.1. The number of ether oxygens (including phenoxy) is 1. The van der Waals surface area contributed by atoms with Crippen LogP contribution in [0.4, 0.5) is 4.39 Å². The number of nitrogens with zero attached hydrogens (tertiary/aromatic N) is 2. The number of likely N-dealkylation sites (tertiary alicyclic amines) is 1. The zero-order valence-corrected chi connectivity index (χ0v) is 19.1. The van der Waals surface area contributed by atoms with Crippen LogP contribution in [0.15, 0.2) is 77.3 Å². The van der Waals surface area contributed by atoms with E-state index in [2.05, 4.69) is 40.4 Å². The second-order valence-electron chi connectivity index (χ2n) is 9.09. The molecule has 34 heavy (non-hydrogen) atoms. The van der Waals surface area contributed by atoms with E-state index >= 15 is 0 Å². The van der Waals surface area contributed by atoms with Crippen LogP contribution in [-0.2, 0) is 6.42 Å². The Bertz CT molecular complexity index is 1200. The van der Waals surface area contributed by atoms with E-state index < -0.39 is 6.10 Å². The summed E-state index contributed by atoms with van der Waals surface area (Å²) in [5.41, 5.74) is 3.35. The minimum atomic E-state index is -0.542. The third-order valence-electron chi connectivity index (χ3n) is 6.55. The first kappa shape index (κ1) is 22.6. The van der Waals surface area contributed by atoms with Crippen molar-refractivity contribution in [2.24, 2.45) is 5.92 Å². The van der Waals surface area contributed by atoms with Gasteiger partial charge in [-0.05, 0) is 80.2 Å². The molecule has 0 unspecified atom stereocenters. The van der Waals surface area contributed by atoms with E-state index in [0.717, 1.165) is 43.3 Å². The summed E-state index contributed by atoms with van der Waals surface area (Å²) in [4.78, 5) is 2.33. The second-order valence-corrected chi connectivity index (χ2v) is 9.09. The van der Waals surface area contributed by atoms with Gasteiger partial charge in [0, 0.05) is 23.6 Å². The maximum absolute atomic E-state index is 13.4. The number of halogens is 1. The van der Waals surface area contributed by atoms with Crippen LogP contribution >= 0.6 is 0 Å². The molecule has 1 aromatic heterocycles. The molecule has 6 heteroatoms. The maximum Gasteiger partial charge on any atom is 0.170 e. The zero-order valence-electron chi connectivity index (χ0n) is 19.1. The summed E-state index contributed by atoms with van der Waals surface area (Å²) in [7, 11) is 0. The number of hydrogen-bond acceptors (Lipinski definition) is 5. The summed E-state index contributed by atoms with van der Waals surface area (Å²) in [5, 5.41) is 15.3. The number of benzene rings is 3. The van der Waals surface area contributed by atoms with Gasteiger partial charge in [-0.1, -0.05) is 35.5 Å². The smallest absolute Gasteiger partial charge is 0.170 e. The fourth-order valence-electron chi connectivity index (χ4n) is 4.69. The lowest BCUT2D eigenvalue weighted by Crippen LogP contribution is -2.41. The van der Waals surface area contributed by atoms with Gasteiger partial charge in [-0.3, -0.25) is 0 Å². The SMILES string of the molecule is O[C@@H](COc1ccc(-c2noc3cc(F)ccc23)cc1)CN1CCC(Cc2ccccc2)CC1. The summed E-state index contributed by atoms with van der Waals surface area (Å²) in [5.74, 6) is 1.05. The molecule has 0 bridgehead atoms. The van der Waals surface area contributed by atoms with Gasteiger partial charge < -0.3 is 19.3 Å². The minimum absolute atomic E-state index is 0.245. The van der Waals surface area contributed by atoms with Crippen molar-refractivity contribution >= 4 is 11.0 Å². The molecule has 0 aliphatic carbocycles. The third kappa shape index (κ3) is 5.46.